The fraction of sp³-hybridized carbons (Fsp3) is 0.647. The first-order valence-electron chi connectivity index (χ1n) is 7.57. The van der Waals surface area contributed by atoms with Gasteiger partial charge < -0.3 is 5.73 Å². The highest BCUT2D eigenvalue weighted by atomic mass is 14.8. The van der Waals surface area contributed by atoms with Crippen LogP contribution in [-0.4, -0.2) is 0 Å². The maximum absolute atomic E-state index is 6.37. The SMILES string of the molecule is CC1CCC(c2ccc(C3(N)CCC3)cc2)CC1. The summed E-state index contributed by atoms with van der Waals surface area (Å²) in [5.41, 5.74) is 9.25. The molecule has 0 saturated heterocycles. The third-order valence-electron chi connectivity index (χ3n) is 5.22. The monoisotopic (exact) mass is 243 g/mol. The summed E-state index contributed by atoms with van der Waals surface area (Å²) < 4.78 is 0. The van der Waals surface area contributed by atoms with Gasteiger partial charge in [0.05, 0.1) is 0 Å². The molecule has 0 aromatic heterocycles. The van der Waals surface area contributed by atoms with Crippen LogP contribution in [0.2, 0.25) is 0 Å². The van der Waals surface area contributed by atoms with Crippen molar-refractivity contribution in [2.24, 2.45) is 11.7 Å². The average Bonchev–Trinajstić information content (AvgIpc) is 2.37. The van der Waals surface area contributed by atoms with E-state index in [1.165, 1.54) is 43.2 Å². The zero-order chi connectivity index (χ0) is 12.6. The van der Waals surface area contributed by atoms with Gasteiger partial charge in [-0.1, -0.05) is 44.0 Å². The number of hydrogen-bond acceptors (Lipinski definition) is 1. The minimum absolute atomic E-state index is 0.000388. The van der Waals surface area contributed by atoms with E-state index in [2.05, 4.69) is 31.2 Å². The largest absolute Gasteiger partial charge is 0.321 e. The molecule has 0 atom stereocenters. The van der Waals surface area contributed by atoms with Gasteiger partial charge in [0, 0.05) is 5.54 Å². The Kier molecular flexibility index (Phi) is 3.19. The summed E-state index contributed by atoms with van der Waals surface area (Å²) >= 11 is 0. The predicted molar refractivity (Wildman–Crippen MR) is 76.5 cm³/mol. The Morgan fingerprint density at radius 3 is 2.11 bits per heavy atom. The molecule has 0 bridgehead atoms. The Hall–Kier alpha value is -0.820. The molecule has 0 amide bonds. The first-order valence-corrected chi connectivity index (χ1v) is 7.57. The van der Waals surface area contributed by atoms with Gasteiger partial charge >= 0.3 is 0 Å². The molecule has 18 heavy (non-hydrogen) atoms. The van der Waals surface area contributed by atoms with Crippen LogP contribution in [0.1, 0.15) is 68.9 Å². The van der Waals surface area contributed by atoms with Crippen LogP contribution in [0.25, 0.3) is 0 Å². The quantitative estimate of drug-likeness (QED) is 0.822. The molecule has 0 aliphatic heterocycles. The van der Waals surface area contributed by atoms with Crippen LogP contribution in [0.3, 0.4) is 0 Å². The zero-order valence-corrected chi connectivity index (χ0v) is 11.5. The molecule has 2 saturated carbocycles. The molecule has 2 fully saturated rings. The molecular weight excluding hydrogens is 218 g/mol. The Labute approximate surface area is 111 Å². The topological polar surface area (TPSA) is 26.0 Å². The van der Waals surface area contributed by atoms with Crippen LogP contribution in [0.4, 0.5) is 0 Å². The summed E-state index contributed by atoms with van der Waals surface area (Å²) in [5, 5.41) is 0. The molecule has 1 heteroatoms. The lowest BCUT2D eigenvalue weighted by Crippen LogP contribution is -2.43. The Morgan fingerprint density at radius 1 is 1.00 bits per heavy atom. The minimum Gasteiger partial charge on any atom is -0.321 e. The van der Waals surface area contributed by atoms with E-state index in [-0.39, 0.29) is 5.54 Å². The second-order valence-corrected chi connectivity index (χ2v) is 6.59. The first kappa shape index (κ1) is 12.2. The summed E-state index contributed by atoms with van der Waals surface area (Å²) in [6, 6.07) is 9.24. The second kappa shape index (κ2) is 4.70. The molecule has 2 aliphatic rings. The summed E-state index contributed by atoms with van der Waals surface area (Å²) in [5.74, 6) is 1.73. The molecule has 2 N–H and O–H groups in total. The highest BCUT2D eigenvalue weighted by molar-refractivity contribution is 5.31. The summed E-state index contributed by atoms with van der Waals surface area (Å²) in [7, 11) is 0. The average molecular weight is 243 g/mol. The number of nitrogens with two attached hydrogens (primary N) is 1. The van der Waals surface area contributed by atoms with E-state index in [1.54, 1.807) is 0 Å². The molecule has 3 rings (SSSR count). The maximum Gasteiger partial charge on any atom is 0.0409 e. The van der Waals surface area contributed by atoms with Gasteiger partial charge in [0.15, 0.2) is 0 Å². The van der Waals surface area contributed by atoms with E-state index in [1.807, 2.05) is 0 Å². The second-order valence-electron chi connectivity index (χ2n) is 6.59. The van der Waals surface area contributed by atoms with Crippen LogP contribution < -0.4 is 5.73 Å². The smallest absolute Gasteiger partial charge is 0.0409 e. The molecule has 98 valence electrons. The van der Waals surface area contributed by atoms with Crippen molar-refractivity contribution >= 4 is 0 Å². The number of benzene rings is 1. The molecule has 0 unspecified atom stereocenters. The van der Waals surface area contributed by atoms with Crippen molar-refractivity contribution in [2.75, 3.05) is 0 Å². The maximum atomic E-state index is 6.37. The van der Waals surface area contributed by atoms with E-state index in [0.29, 0.717) is 0 Å². The van der Waals surface area contributed by atoms with Crippen LogP contribution in [0.15, 0.2) is 24.3 Å². The summed E-state index contributed by atoms with van der Waals surface area (Å²) in [6.07, 6.45) is 9.14. The van der Waals surface area contributed by atoms with Gasteiger partial charge in [-0.15, -0.1) is 0 Å². The van der Waals surface area contributed by atoms with Crippen molar-refractivity contribution in [3.63, 3.8) is 0 Å². The molecule has 1 aromatic rings. The van der Waals surface area contributed by atoms with Gasteiger partial charge in [-0.05, 0) is 55.1 Å². The number of hydrogen-bond donors (Lipinski definition) is 1. The standard InChI is InChI=1S/C17H25N/c1-13-3-5-14(6-4-13)15-7-9-16(10-8-15)17(18)11-2-12-17/h7-10,13-14H,2-6,11-12,18H2,1H3. The van der Waals surface area contributed by atoms with Crippen LogP contribution in [0, 0.1) is 5.92 Å². The van der Waals surface area contributed by atoms with Crippen LogP contribution in [-0.2, 0) is 5.54 Å². The van der Waals surface area contributed by atoms with E-state index in [4.69, 9.17) is 5.73 Å². The van der Waals surface area contributed by atoms with Gasteiger partial charge in [-0.2, -0.15) is 0 Å². The van der Waals surface area contributed by atoms with E-state index < -0.39 is 0 Å². The third-order valence-corrected chi connectivity index (χ3v) is 5.22. The Morgan fingerprint density at radius 2 is 1.61 bits per heavy atom. The highest BCUT2D eigenvalue weighted by Crippen LogP contribution is 2.40. The zero-order valence-electron chi connectivity index (χ0n) is 11.5. The fourth-order valence-electron chi connectivity index (χ4n) is 3.53. The van der Waals surface area contributed by atoms with Crippen molar-refractivity contribution < 1.29 is 0 Å². The molecule has 0 spiro atoms. The van der Waals surface area contributed by atoms with Crippen LogP contribution in [0.5, 0.6) is 0 Å². The van der Waals surface area contributed by atoms with Crippen molar-refractivity contribution in [2.45, 2.75) is 63.3 Å². The lowest BCUT2D eigenvalue weighted by molar-refractivity contribution is 0.253. The number of rotatable bonds is 2. The van der Waals surface area contributed by atoms with E-state index >= 15 is 0 Å². The van der Waals surface area contributed by atoms with Crippen molar-refractivity contribution in [3.8, 4) is 0 Å². The van der Waals surface area contributed by atoms with Gasteiger partial charge in [0.25, 0.3) is 0 Å². The predicted octanol–water partition coefficient (Wildman–Crippen LogP) is 4.32. The van der Waals surface area contributed by atoms with Crippen LogP contribution >= 0.6 is 0 Å². The molecule has 2 aliphatic carbocycles. The van der Waals surface area contributed by atoms with Crippen molar-refractivity contribution in [1.82, 2.24) is 0 Å². The highest BCUT2D eigenvalue weighted by Gasteiger charge is 2.34. The minimum atomic E-state index is -0.000388. The van der Waals surface area contributed by atoms with Crippen molar-refractivity contribution in [1.29, 1.82) is 0 Å². The Bertz CT molecular complexity index is 394. The van der Waals surface area contributed by atoms with Gasteiger partial charge in [-0.3, -0.25) is 0 Å². The lowest BCUT2D eigenvalue weighted by atomic mass is 9.72. The molecule has 1 aromatic carbocycles. The fourth-order valence-corrected chi connectivity index (χ4v) is 3.53. The lowest BCUT2D eigenvalue weighted by Gasteiger charge is -2.39. The Balaban J connectivity index is 1.71. The molecule has 1 nitrogen and oxygen atoms in total. The third kappa shape index (κ3) is 2.21. The van der Waals surface area contributed by atoms with Gasteiger partial charge in [-0.25, -0.2) is 0 Å². The summed E-state index contributed by atoms with van der Waals surface area (Å²) in [4.78, 5) is 0. The van der Waals surface area contributed by atoms with Gasteiger partial charge in [0.1, 0.15) is 0 Å². The van der Waals surface area contributed by atoms with E-state index in [0.717, 1.165) is 24.7 Å². The van der Waals surface area contributed by atoms with Crippen molar-refractivity contribution in [3.05, 3.63) is 35.4 Å². The van der Waals surface area contributed by atoms with Gasteiger partial charge in [0.2, 0.25) is 0 Å². The summed E-state index contributed by atoms with van der Waals surface area (Å²) in [6.45, 7) is 2.38. The normalized spacial score (nSPS) is 30.8. The first-order chi connectivity index (χ1) is 8.67. The van der Waals surface area contributed by atoms with E-state index in [9.17, 15) is 0 Å². The molecular formula is C17H25N. The molecule has 0 heterocycles. The molecule has 0 radical (unpaired) electrons.